The minimum atomic E-state index is -0.182. The first-order chi connectivity index (χ1) is 10.5. The minimum absolute atomic E-state index is 0.0455. The molecule has 1 aliphatic carbocycles. The van der Waals surface area contributed by atoms with E-state index < -0.39 is 0 Å². The number of aryl methyl sites for hydroxylation is 1. The molecule has 0 bridgehead atoms. The zero-order valence-electron chi connectivity index (χ0n) is 14.1. The predicted molar refractivity (Wildman–Crippen MR) is 88.1 cm³/mol. The summed E-state index contributed by atoms with van der Waals surface area (Å²) in [5.74, 6) is -0.182. The van der Waals surface area contributed by atoms with E-state index in [4.69, 9.17) is 9.47 Å². The maximum Gasteiger partial charge on any atom is 0.312 e. The SMILES string of the molecule is CCCCO[C@H]1C[C@@H](OC(=O)Cc2csc(CC)n2)C1(C)C. The fourth-order valence-corrected chi connectivity index (χ4v) is 3.39. The van der Waals surface area contributed by atoms with Crippen molar-refractivity contribution in [2.45, 2.75) is 72.0 Å². The van der Waals surface area contributed by atoms with Crippen LogP contribution in [0.1, 0.15) is 57.7 Å². The van der Waals surface area contributed by atoms with Crippen molar-refractivity contribution in [3.8, 4) is 0 Å². The van der Waals surface area contributed by atoms with Crippen molar-refractivity contribution in [2.75, 3.05) is 6.61 Å². The third kappa shape index (κ3) is 4.07. The number of carbonyl (C=O) groups is 1. The number of hydrogen-bond donors (Lipinski definition) is 0. The summed E-state index contributed by atoms with van der Waals surface area (Å²) < 4.78 is 11.5. The Labute approximate surface area is 137 Å². The van der Waals surface area contributed by atoms with Crippen LogP contribution in [-0.2, 0) is 27.1 Å². The molecule has 1 aromatic heterocycles. The maximum absolute atomic E-state index is 12.1. The lowest BCUT2D eigenvalue weighted by atomic mass is 9.66. The topological polar surface area (TPSA) is 48.4 Å². The van der Waals surface area contributed by atoms with Crippen LogP contribution in [0.4, 0.5) is 0 Å². The monoisotopic (exact) mass is 325 g/mol. The van der Waals surface area contributed by atoms with Crippen molar-refractivity contribution in [1.29, 1.82) is 0 Å². The van der Waals surface area contributed by atoms with Crippen molar-refractivity contribution in [3.05, 3.63) is 16.1 Å². The van der Waals surface area contributed by atoms with Gasteiger partial charge in [0.05, 0.1) is 23.2 Å². The van der Waals surface area contributed by atoms with E-state index in [1.807, 2.05) is 5.38 Å². The first-order valence-corrected chi connectivity index (χ1v) is 9.09. The van der Waals surface area contributed by atoms with Crippen LogP contribution in [0.5, 0.6) is 0 Å². The van der Waals surface area contributed by atoms with Crippen LogP contribution in [-0.4, -0.2) is 29.8 Å². The van der Waals surface area contributed by atoms with E-state index in [9.17, 15) is 4.79 Å². The number of unbranched alkanes of at least 4 members (excludes halogenated alkanes) is 1. The highest BCUT2D eigenvalue weighted by Gasteiger charge is 2.51. The summed E-state index contributed by atoms with van der Waals surface area (Å²) in [5, 5.41) is 3.01. The molecule has 0 radical (unpaired) electrons. The van der Waals surface area contributed by atoms with E-state index in [-0.39, 0.29) is 30.0 Å². The molecule has 1 aliphatic rings. The Hall–Kier alpha value is -0.940. The zero-order valence-corrected chi connectivity index (χ0v) is 14.9. The van der Waals surface area contributed by atoms with E-state index in [2.05, 4.69) is 32.7 Å². The molecule has 0 spiro atoms. The molecule has 0 aliphatic heterocycles. The molecule has 0 saturated heterocycles. The standard InChI is InChI=1S/C17H27NO3S/c1-5-7-8-20-13-10-14(17(13,3)4)21-16(19)9-12-11-22-15(6-2)18-12/h11,13-14H,5-10H2,1-4H3/t13-,14+/m0/s1. The Morgan fingerprint density at radius 1 is 1.41 bits per heavy atom. The molecule has 1 saturated carbocycles. The third-order valence-corrected chi connectivity index (χ3v) is 5.45. The lowest BCUT2D eigenvalue weighted by Gasteiger charge is -2.50. The van der Waals surface area contributed by atoms with Gasteiger partial charge in [0.25, 0.3) is 0 Å². The van der Waals surface area contributed by atoms with Crippen LogP contribution in [0.2, 0.25) is 0 Å². The van der Waals surface area contributed by atoms with Crippen LogP contribution in [0, 0.1) is 5.41 Å². The quantitative estimate of drug-likeness (QED) is 0.539. The van der Waals surface area contributed by atoms with Gasteiger partial charge in [-0.15, -0.1) is 11.3 Å². The molecule has 5 heteroatoms. The normalized spacial score (nSPS) is 23.1. The molecule has 0 N–H and O–H groups in total. The highest BCUT2D eigenvalue weighted by atomic mass is 32.1. The van der Waals surface area contributed by atoms with Gasteiger partial charge in [0.2, 0.25) is 0 Å². The van der Waals surface area contributed by atoms with E-state index >= 15 is 0 Å². The summed E-state index contributed by atoms with van der Waals surface area (Å²) in [7, 11) is 0. The summed E-state index contributed by atoms with van der Waals surface area (Å²) >= 11 is 1.60. The molecule has 2 atom stereocenters. The van der Waals surface area contributed by atoms with E-state index in [0.29, 0.717) is 0 Å². The maximum atomic E-state index is 12.1. The molecule has 0 aromatic carbocycles. The molecule has 1 heterocycles. The second-order valence-electron chi connectivity index (χ2n) is 6.51. The Bertz CT molecular complexity index is 498. The molecule has 124 valence electrons. The van der Waals surface area contributed by atoms with Gasteiger partial charge in [-0.05, 0) is 12.8 Å². The van der Waals surface area contributed by atoms with Gasteiger partial charge in [-0.25, -0.2) is 4.98 Å². The highest BCUT2D eigenvalue weighted by Crippen LogP contribution is 2.45. The number of hydrogen-bond acceptors (Lipinski definition) is 5. The van der Waals surface area contributed by atoms with Crippen molar-refractivity contribution in [2.24, 2.45) is 5.41 Å². The number of aromatic nitrogens is 1. The molecule has 1 aromatic rings. The second kappa shape index (κ2) is 7.55. The summed E-state index contributed by atoms with van der Waals surface area (Å²) in [6.07, 6.45) is 4.36. The average Bonchev–Trinajstić information content (AvgIpc) is 2.93. The van der Waals surface area contributed by atoms with Gasteiger partial charge in [0.1, 0.15) is 6.10 Å². The smallest absolute Gasteiger partial charge is 0.312 e. The van der Waals surface area contributed by atoms with Crippen LogP contribution < -0.4 is 0 Å². The van der Waals surface area contributed by atoms with Crippen LogP contribution in [0.25, 0.3) is 0 Å². The van der Waals surface area contributed by atoms with Gasteiger partial charge in [-0.2, -0.15) is 0 Å². The molecule has 0 amide bonds. The third-order valence-electron chi connectivity index (χ3n) is 4.41. The minimum Gasteiger partial charge on any atom is -0.461 e. The Morgan fingerprint density at radius 2 is 2.18 bits per heavy atom. The predicted octanol–water partition coefficient (Wildman–Crippen LogP) is 3.78. The van der Waals surface area contributed by atoms with Gasteiger partial charge in [-0.3, -0.25) is 4.79 Å². The second-order valence-corrected chi connectivity index (χ2v) is 7.45. The molecule has 4 nitrogen and oxygen atoms in total. The van der Waals surface area contributed by atoms with Crippen LogP contribution in [0.3, 0.4) is 0 Å². The summed E-state index contributed by atoms with van der Waals surface area (Å²) in [6, 6.07) is 0. The molecule has 22 heavy (non-hydrogen) atoms. The summed E-state index contributed by atoms with van der Waals surface area (Å²) in [6.45, 7) is 9.24. The van der Waals surface area contributed by atoms with Gasteiger partial charge in [0.15, 0.2) is 0 Å². The lowest BCUT2D eigenvalue weighted by molar-refractivity contribution is -0.202. The largest absolute Gasteiger partial charge is 0.461 e. The number of esters is 1. The van der Waals surface area contributed by atoms with Gasteiger partial charge in [-0.1, -0.05) is 34.1 Å². The van der Waals surface area contributed by atoms with Crippen molar-refractivity contribution in [1.82, 2.24) is 4.98 Å². The van der Waals surface area contributed by atoms with Crippen LogP contribution >= 0.6 is 11.3 Å². The number of thiazole rings is 1. The first kappa shape index (κ1) is 17.4. The van der Waals surface area contributed by atoms with Gasteiger partial charge < -0.3 is 9.47 Å². The molecular weight excluding hydrogens is 298 g/mol. The van der Waals surface area contributed by atoms with Crippen molar-refractivity contribution in [3.63, 3.8) is 0 Å². The average molecular weight is 325 g/mol. The molecular formula is C17H27NO3S. The highest BCUT2D eigenvalue weighted by molar-refractivity contribution is 7.09. The molecule has 1 fully saturated rings. The zero-order chi connectivity index (χ0) is 16.2. The van der Waals surface area contributed by atoms with Crippen molar-refractivity contribution >= 4 is 17.3 Å². The molecule has 2 rings (SSSR count). The Morgan fingerprint density at radius 3 is 2.77 bits per heavy atom. The van der Waals surface area contributed by atoms with E-state index in [0.717, 1.165) is 43.0 Å². The summed E-state index contributed by atoms with van der Waals surface area (Å²) in [5.41, 5.74) is 0.722. The number of nitrogens with zero attached hydrogens (tertiary/aromatic N) is 1. The summed E-state index contributed by atoms with van der Waals surface area (Å²) in [4.78, 5) is 16.5. The van der Waals surface area contributed by atoms with Gasteiger partial charge >= 0.3 is 5.97 Å². The lowest BCUT2D eigenvalue weighted by Crippen LogP contribution is -2.56. The van der Waals surface area contributed by atoms with Gasteiger partial charge in [0, 0.05) is 23.8 Å². The first-order valence-electron chi connectivity index (χ1n) is 8.21. The fraction of sp³-hybridized carbons (Fsp3) is 0.765. The molecule has 0 unspecified atom stereocenters. The van der Waals surface area contributed by atoms with Crippen molar-refractivity contribution < 1.29 is 14.3 Å². The fourth-order valence-electron chi connectivity index (χ4n) is 2.64. The van der Waals surface area contributed by atoms with E-state index in [1.165, 1.54) is 0 Å². The Balaban J connectivity index is 1.78. The van der Waals surface area contributed by atoms with E-state index in [1.54, 1.807) is 11.3 Å². The number of carbonyl (C=O) groups excluding carboxylic acids is 1. The van der Waals surface area contributed by atoms with Crippen LogP contribution in [0.15, 0.2) is 5.38 Å². The number of ether oxygens (including phenoxy) is 2. The number of rotatable bonds is 8. The Kier molecular flexibility index (Phi) is 5.98.